The van der Waals surface area contributed by atoms with Crippen LogP contribution in [-0.4, -0.2) is 32.6 Å². The Morgan fingerprint density at radius 3 is 2.59 bits per heavy atom. The zero-order valence-electron chi connectivity index (χ0n) is 14.1. The van der Waals surface area contributed by atoms with Gasteiger partial charge in [-0.3, -0.25) is 0 Å². The van der Waals surface area contributed by atoms with Crippen molar-refractivity contribution in [3.63, 3.8) is 0 Å². The number of carbonyl (C=O) groups is 1. The lowest BCUT2D eigenvalue weighted by Crippen LogP contribution is -2.40. The number of rotatable bonds is 6. The summed E-state index contributed by atoms with van der Waals surface area (Å²) in [6, 6.07) is 0. The molecule has 0 radical (unpaired) electrons. The molecule has 0 aromatic carbocycles. The highest BCUT2D eigenvalue weighted by molar-refractivity contribution is 6.74. The Bertz CT molecular complexity index is 519. The van der Waals surface area contributed by atoms with Gasteiger partial charge in [0.1, 0.15) is 5.76 Å². The molecule has 0 aliphatic carbocycles. The molecule has 1 heterocycles. The second-order valence-electron chi connectivity index (χ2n) is 6.64. The first-order valence-electron chi connectivity index (χ1n) is 7.39. The Morgan fingerprint density at radius 2 is 2.00 bits per heavy atom. The number of hydrogen-bond donors (Lipinski definition) is 1. The van der Waals surface area contributed by atoms with Crippen LogP contribution in [0.15, 0.2) is 47.8 Å². The average Bonchev–Trinajstić information content (AvgIpc) is 2.75. The Hall–Kier alpha value is -1.43. The summed E-state index contributed by atoms with van der Waals surface area (Å²) in [5, 5.41) is 8.89. The number of esters is 1. The predicted octanol–water partition coefficient (Wildman–Crippen LogP) is 3.48. The van der Waals surface area contributed by atoms with Crippen LogP contribution in [0, 0.1) is 0 Å². The van der Waals surface area contributed by atoms with E-state index in [1.54, 1.807) is 18.2 Å². The van der Waals surface area contributed by atoms with Gasteiger partial charge in [-0.15, -0.1) is 0 Å². The SMILES string of the molecule is CC(C)(C)[Si](C)(C)OC/C=C/C=C1C=C(/C=C/CO)C(=O)O/1. The zero-order chi connectivity index (χ0) is 16.8. The molecule has 0 spiro atoms. The first-order valence-corrected chi connectivity index (χ1v) is 10.3. The number of ether oxygens (including phenoxy) is 1. The number of hydrogen-bond acceptors (Lipinski definition) is 4. The van der Waals surface area contributed by atoms with Gasteiger partial charge < -0.3 is 14.3 Å². The summed E-state index contributed by atoms with van der Waals surface area (Å²) in [6.07, 6.45) is 10.2. The average molecular weight is 322 g/mol. The van der Waals surface area contributed by atoms with E-state index in [9.17, 15) is 4.79 Å². The van der Waals surface area contributed by atoms with Gasteiger partial charge in [-0.25, -0.2) is 4.79 Å². The Kier molecular flexibility index (Phi) is 6.53. The summed E-state index contributed by atoms with van der Waals surface area (Å²) >= 11 is 0. The van der Waals surface area contributed by atoms with Crippen molar-refractivity contribution >= 4 is 14.3 Å². The van der Waals surface area contributed by atoms with E-state index in [1.165, 1.54) is 6.08 Å². The van der Waals surface area contributed by atoms with E-state index in [4.69, 9.17) is 14.3 Å². The zero-order valence-corrected chi connectivity index (χ0v) is 15.1. The van der Waals surface area contributed by atoms with Crippen LogP contribution in [0.3, 0.4) is 0 Å². The van der Waals surface area contributed by atoms with Gasteiger partial charge in [-0.05, 0) is 36.4 Å². The monoisotopic (exact) mass is 322 g/mol. The number of aliphatic hydroxyl groups is 1. The molecule has 5 heteroatoms. The van der Waals surface area contributed by atoms with Crippen molar-refractivity contribution in [2.45, 2.75) is 38.9 Å². The summed E-state index contributed by atoms with van der Waals surface area (Å²) < 4.78 is 11.1. The minimum atomic E-state index is -1.73. The molecule has 4 nitrogen and oxygen atoms in total. The summed E-state index contributed by atoms with van der Waals surface area (Å²) in [4.78, 5) is 11.5. The Labute approximate surface area is 134 Å². The standard InChI is InChI=1S/C17H26O4Si/c1-17(2,3)22(4,5)20-12-7-6-10-15-13-14(9-8-11-18)16(19)21-15/h6-10,13,18H,11-12H2,1-5H3/b7-6+,9-8+,15-10-. The van der Waals surface area contributed by atoms with Gasteiger partial charge in [0.25, 0.3) is 0 Å². The van der Waals surface area contributed by atoms with Crippen LogP contribution >= 0.6 is 0 Å². The van der Waals surface area contributed by atoms with Gasteiger partial charge in [0.2, 0.25) is 0 Å². The molecule has 1 rings (SSSR count). The minimum absolute atomic E-state index is 0.103. The second-order valence-corrected chi connectivity index (χ2v) is 11.5. The fourth-order valence-electron chi connectivity index (χ4n) is 1.48. The first kappa shape index (κ1) is 18.6. The van der Waals surface area contributed by atoms with E-state index < -0.39 is 14.3 Å². The van der Waals surface area contributed by atoms with E-state index in [0.29, 0.717) is 17.9 Å². The maximum absolute atomic E-state index is 11.5. The molecule has 22 heavy (non-hydrogen) atoms. The fraction of sp³-hybridized carbons (Fsp3) is 0.471. The third-order valence-electron chi connectivity index (χ3n) is 3.89. The van der Waals surface area contributed by atoms with E-state index in [0.717, 1.165) is 0 Å². The maximum atomic E-state index is 11.5. The molecule has 1 aliphatic heterocycles. The normalized spacial score (nSPS) is 18.5. The fourth-order valence-corrected chi connectivity index (χ4v) is 2.42. The van der Waals surface area contributed by atoms with Gasteiger partial charge in [0.05, 0.1) is 18.8 Å². The molecule has 0 fully saturated rings. The van der Waals surface area contributed by atoms with E-state index in [-0.39, 0.29) is 11.6 Å². The van der Waals surface area contributed by atoms with Crippen molar-refractivity contribution in [1.29, 1.82) is 0 Å². The van der Waals surface area contributed by atoms with Crippen molar-refractivity contribution in [3.05, 3.63) is 47.8 Å². The lowest BCUT2D eigenvalue weighted by atomic mass is 10.2. The van der Waals surface area contributed by atoms with Crippen LogP contribution in [0.5, 0.6) is 0 Å². The van der Waals surface area contributed by atoms with Crippen molar-refractivity contribution in [2.24, 2.45) is 0 Å². The Morgan fingerprint density at radius 1 is 1.32 bits per heavy atom. The molecule has 1 N–H and O–H groups in total. The summed E-state index contributed by atoms with van der Waals surface area (Å²) in [5.41, 5.74) is 0.436. The molecule has 122 valence electrons. The highest BCUT2D eigenvalue weighted by Crippen LogP contribution is 2.36. The molecule has 0 atom stereocenters. The third-order valence-corrected chi connectivity index (χ3v) is 8.39. The van der Waals surface area contributed by atoms with Crippen LogP contribution in [-0.2, 0) is 14.0 Å². The molecule has 0 aromatic rings. The second kappa shape index (κ2) is 7.72. The van der Waals surface area contributed by atoms with Crippen LogP contribution in [0.25, 0.3) is 0 Å². The lowest BCUT2D eigenvalue weighted by Gasteiger charge is -2.35. The molecule has 0 unspecified atom stereocenters. The van der Waals surface area contributed by atoms with Crippen molar-refractivity contribution in [3.8, 4) is 0 Å². The van der Waals surface area contributed by atoms with E-state index in [1.807, 2.05) is 12.2 Å². The Balaban J connectivity index is 2.54. The van der Waals surface area contributed by atoms with Crippen LogP contribution in [0.1, 0.15) is 20.8 Å². The number of cyclic esters (lactones) is 1. The molecule has 0 aromatic heterocycles. The predicted molar refractivity (Wildman–Crippen MR) is 90.8 cm³/mol. The quantitative estimate of drug-likeness (QED) is 0.601. The van der Waals surface area contributed by atoms with Gasteiger partial charge in [0, 0.05) is 0 Å². The van der Waals surface area contributed by atoms with Crippen LogP contribution in [0.4, 0.5) is 0 Å². The summed E-state index contributed by atoms with van der Waals surface area (Å²) in [7, 11) is -1.73. The molecule has 0 saturated heterocycles. The molecular formula is C17H26O4Si. The van der Waals surface area contributed by atoms with E-state index in [2.05, 4.69) is 33.9 Å². The number of allylic oxidation sites excluding steroid dienone is 3. The maximum Gasteiger partial charge on any atom is 0.343 e. The highest BCUT2D eigenvalue weighted by Gasteiger charge is 2.36. The van der Waals surface area contributed by atoms with Crippen LogP contribution < -0.4 is 0 Å². The molecule has 0 bridgehead atoms. The molecule has 0 saturated carbocycles. The molecular weight excluding hydrogens is 296 g/mol. The largest absolute Gasteiger partial charge is 0.423 e. The van der Waals surface area contributed by atoms with Gasteiger partial charge in [-0.2, -0.15) is 0 Å². The molecule has 0 amide bonds. The summed E-state index contributed by atoms with van der Waals surface area (Å²) in [5.74, 6) is 0.0908. The molecule has 1 aliphatic rings. The van der Waals surface area contributed by atoms with E-state index >= 15 is 0 Å². The van der Waals surface area contributed by atoms with Gasteiger partial charge in [-0.1, -0.05) is 39.0 Å². The lowest BCUT2D eigenvalue weighted by molar-refractivity contribution is -0.132. The minimum Gasteiger partial charge on any atom is -0.423 e. The number of carbonyl (C=O) groups excluding carboxylic acids is 1. The first-order chi connectivity index (χ1) is 10.2. The highest BCUT2D eigenvalue weighted by atomic mass is 28.4. The van der Waals surface area contributed by atoms with Crippen molar-refractivity contribution < 1.29 is 19.1 Å². The van der Waals surface area contributed by atoms with Crippen LogP contribution in [0.2, 0.25) is 18.1 Å². The third kappa shape index (κ3) is 5.40. The topological polar surface area (TPSA) is 55.8 Å². The summed E-state index contributed by atoms with van der Waals surface area (Å²) in [6.45, 7) is 11.5. The van der Waals surface area contributed by atoms with Gasteiger partial charge >= 0.3 is 5.97 Å². The van der Waals surface area contributed by atoms with Crippen molar-refractivity contribution in [2.75, 3.05) is 13.2 Å². The van der Waals surface area contributed by atoms with Gasteiger partial charge in [0.15, 0.2) is 8.32 Å². The number of aliphatic hydroxyl groups excluding tert-OH is 1. The van der Waals surface area contributed by atoms with Crippen molar-refractivity contribution in [1.82, 2.24) is 0 Å². The smallest absolute Gasteiger partial charge is 0.343 e.